The molecule has 106 valence electrons. The van der Waals surface area contributed by atoms with Crippen molar-refractivity contribution in [1.82, 2.24) is 5.32 Å². The summed E-state index contributed by atoms with van der Waals surface area (Å²) in [5.74, 6) is -1.09. The predicted molar refractivity (Wildman–Crippen MR) is 79.8 cm³/mol. The zero-order valence-corrected chi connectivity index (χ0v) is 12.3. The molecule has 0 saturated heterocycles. The van der Waals surface area contributed by atoms with Crippen molar-refractivity contribution in [1.29, 1.82) is 0 Å². The molecule has 0 heterocycles. The van der Waals surface area contributed by atoms with Gasteiger partial charge in [-0.25, -0.2) is 8.78 Å². The molecule has 1 atom stereocenters. The Morgan fingerprint density at radius 3 is 2.20 bits per heavy atom. The summed E-state index contributed by atoms with van der Waals surface area (Å²) >= 11 is 1.70. The molecule has 0 amide bonds. The van der Waals surface area contributed by atoms with E-state index in [9.17, 15) is 8.78 Å². The maximum atomic E-state index is 13.1. The zero-order valence-electron chi connectivity index (χ0n) is 11.5. The topological polar surface area (TPSA) is 12.0 Å². The molecule has 0 saturated carbocycles. The highest BCUT2D eigenvalue weighted by atomic mass is 32.2. The van der Waals surface area contributed by atoms with Gasteiger partial charge in [-0.3, -0.25) is 0 Å². The molecule has 4 heteroatoms. The van der Waals surface area contributed by atoms with Crippen molar-refractivity contribution in [2.24, 2.45) is 0 Å². The second-order valence-electron chi connectivity index (χ2n) is 4.65. The van der Waals surface area contributed by atoms with Crippen molar-refractivity contribution in [3.05, 3.63) is 65.2 Å². The highest BCUT2D eigenvalue weighted by Gasteiger charge is 2.06. The third kappa shape index (κ3) is 4.05. The first-order valence-corrected chi connectivity index (χ1v) is 7.63. The lowest BCUT2D eigenvalue weighted by molar-refractivity contribution is 0.554. The van der Waals surface area contributed by atoms with E-state index < -0.39 is 11.6 Å². The molecule has 0 aliphatic carbocycles. The average molecular weight is 293 g/mol. The Labute approximate surface area is 122 Å². The third-order valence-electron chi connectivity index (χ3n) is 3.15. The number of hydrogen-bond acceptors (Lipinski definition) is 2. The minimum Gasteiger partial charge on any atom is -0.306 e. The van der Waals surface area contributed by atoms with Crippen molar-refractivity contribution in [2.45, 2.75) is 24.4 Å². The number of benzene rings is 2. The second-order valence-corrected chi connectivity index (χ2v) is 5.53. The van der Waals surface area contributed by atoms with Gasteiger partial charge in [0, 0.05) is 23.5 Å². The van der Waals surface area contributed by atoms with Crippen LogP contribution in [0.5, 0.6) is 0 Å². The maximum Gasteiger partial charge on any atom is 0.126 e. The lowest BCUT2D eigenvalue weighted by atomic mass is 10.1. The van der Waals surface area contributed by atoms with Gasteiger partial charge in [0.15, 0.2) is 0 Å². The largest absolute Gasteiger partial charge is 0.306 e. The number of rotatable bonds is 5. The Balaban J connectivity index is 1.98. The molecule has 2 aromatic carbocycles. The second kappa shape index (κ2) is 6.86. The zero-order chi connectivity index (χ0) is 14.5. The van der Waals surface area contributed by atoms with Crippen LogP contribution in [0.1, 0.15) is 24.1 Å². The fraction of sp³-hybridized carbons (Fsp3) is 0.250. The summed E-state index contributed by atoms with van der Waals surface area (Å²) in [5.41, 5.74) is 1.76. The normalized spacial score (nSPS) is 12.4. The van der Waals surface area contributed by atoms with Crippen LogP contribution in [-0.2, 0) is 6.54 Å². The molecule has 0 bridgehead atoms. The van der Waals surface area contributed by atoms with Gasteiger partial charge in [-0.05, 0) is 48.6 Å². The molecule has 1 nitrogen and oxygen atoms in total. The van der Waals surface area contributed by atoms with Crippen molar-refractivity contribution in [3.63, 3.8) is 0 Å². The van der Waals surface area contributed by atoms with Crippen LogP contribution in [0.25, 0.3) is 0 Å². The van der Waals surface area contributed by atoms with Gasteiger partial charge in [0.2, 0.25) is 0 Å². The molecule has 0 spiro atoms. The Morgan fingerprint density at radius 2 is 1.65 bits per heavy atom. The molecule has 0 fully saturated rings. The first-order chi connectivity index (χ1) is 9.58. The van der Waals surface area contributed by atoms with Crippen LogP contribution in [0, 0.1) is 11.6 Å². The molecule has 1 N–H and O–H groups in total. The number of thioether (sulfide) groups is 1. The Morgan fingerprint density at radius 1 is 1.05 bits per heavy atom. The van der Waals surface area contributed by atoms with E-state index in [1.807, 2.05) is 13.2 Å². The number of halogens is 2. The van der Waals surface area contributed by atoms with Gasteiger partial charge in [-0.15, -0.1) is 11.8 Å². The standard InChI is InChI=1S/C16H17F2NS/c1-11(13-3-5-16(20-2)6-4-13)19-10-12-7-14(17)9-15(18)8-12/h3-9,11,19H,10H2,1-2H3. The fourth-order valence-corrected chi connectivity index (χ4v) is 2.40. The van der Waals surface area contributed by atoms with Gasteiger partial charge in [-0.2, -0.15) is 0 Å². The van der Waals surface area contributed by atoms with Crippen LogP contribution < -0.4 is 5.32 Å². The summed E-state index contributed by atoms with van der Waals surface area (Å²) in [5, 5.41) is 3.27. The highest BCUT2D eigenvalue weighted by molar-refractivity contribution is 7.98. The maximum absolute atomic E-state index is 13.1. The molecule has 20 heavy (non-hydrogen) atoms. The average Bonchev–Trinajstić information content (AvgIpc) is 2.44. The van der Waals surface area contributed by atoms with Crippen LogP contribution >= 0.6 is 11.8 Å². The van der Waals surface area contributed by atoms with E-state index in [0.717, 1.165) is 11.6 Å². The van der Waals surface area contributed by atoms with Crippen LogP contribution in [-0.4, -0.2) is 6.26 Å². The quantitative estimate of drug-likeness (QED) is 0.812. The van der Waals surface area contributed by atoms with Gasteiger partial charge >= 0.3 is 0 Å². The Bertz CT molecular complexity index is 549. The smallest absolute Gasteiger partial charge is 0.126 e. The summed E-state index contributed by atoms with van der Waals surface area (Å²) in [6.07, 6.45) is 2.04. The molecular weight excluding hydrogens is 276 g/mol. The fourth-order valence-electron chi connectivity index (χ4n) is 1.99. The van der Waals surface area contributed by atoms with Crippen molar-refractivity contribution in [2.75, 3.05) is 6.26 Å². The Hall–Kier alpha value is -1.39. The lowest BCUT2D eigenvalue weighted by Gasteiger charge is -2.15. The molecule has 2 rings (SSSR count). The van der Waals surface area contributed by atoms with Crippen LogP contribution in [0.3, 0.4) is 0 Å². The number of hydrogen-bond donors (Lipinski definition) is 1. The summed E-state index contributed by atoms with van der Waals surface area (Å²) in [6, 6.07) is 12.0. The third-order valence-corrected chi connectivity index (χ3v) is 3.89. The molecule has 2 aromatic rings. The minimum absolute atomic E-state index is 0.122. The van der Waals surface area contributed by atoms with Gasteiger partial charge in [0.1, 0.15) is 11.6 Å². The molecule has 0 aliphatic heterocycles. The first-order valence-electron chi connectivity index (χ1n) is 6.41. The molecular formula is C16H17F2NS. The summed E-state index contributed by atoms with van der Waals surface area (Å²) in [6.45, 7) is 2.46. The van der Waals surface area contributed by atoms with E-state index in [1.54, 1.807) is 11.8 Å². The van der Waals surface area contributed by atoms with E-state index in [2.05, 4.69) is 29.6 Å². The predicted octanol–water partition coefficient (Wildman–Crippen LogP) is 4.54. The number of nitrogens with one attached hydrogen (secondary N) is 1. The van der Waals surface area contributed by atoms with Crippen LogP contribution in [0.2, 0.25) is 0 Å². The summed E-state index contributed by atoms with van der Waals surface area (Å²) in [7, 11) is 0. The summed E-state index contributed by atoms with van der Waals surface area (Å²) < 4.78 is 26.2. The monoisotopic (exact) mass is 293 g/mol. The first kappa shape index (κ1) is 15.0. The SMILES string of the molecule is CSc1ccc(C(C)NCc2cc(F)cc(F)c2)cc1. The van der Waals surface area contributed by atoms with Gasteiger partial charge in [0.25, 0.3) is 0 Å². The van der Waals surface area contributed by atoms with E-state index in [4.69, 9.17) is 0 Å². The van der Waals surface area contributed by atoms with E-state index in [1.165, 1.54) is 17.0 Å². The molecule has 0 aromatic heterocycles. The van der Waals surface area contributed by atoms with Crippen molar-refractivity contribution in [3.8, 4) is 0 Å². The van der Waals surface area contributed by atoms with Crippen molar-refractivity contribution >= 4 is 11.8 Å². The van der Waals surface area contributed by atoms with Gasteiger partial charge < -0.3 is 5.32 Å². The highest BCUT2D eigenvalue weighted by Crippen LogP contribution is 2.19. The molecule has 0 aliphatic rings. The minimum atomic E-state index is -0.543. The van der Waals surface area contributed by atoms with Crippen LogP contribution in [0.4, 0.5) is 8.78 Å². The summed E-state index contributed by atoms with van der Waals surface area (Å²) in [4.78, 5) is 1.22. The molecule has 1 unspecified atom stereocenters. The van der Waals surface area contributed by atoms with Gasteiger partial charge in [-0.1, -0.05) is 12.1 Å². The Kier molecular flexibility index (Phi) is 5.15. The van der Waals surface area contributed by atoms with E-state index in [-0.39, 0.29) is 6.04 Å². The van der Waals surface area contributed by atoms with Crippen molar-refractivity contribution < 1.29 is 8.78 Å². The lowest BCUT2D eigenvalue weighted by Crippen LogP contribution is -2.18. The van der Waals surface area contributed by atoms with Crippen LogP contribution in [0.15, 0.2) is 47.4 Å². The van der Waals surface area contributed by atoms with E-state index in [0.29, 0.717) is 12.1 Å². The van der Waals surface area contributed by atoms with Gasteiger partial charge in [0.05, 0.1) is 0 Å². The van der Waals surface area contributed by atoms with E-state index >= 15 is 0 Å². The molecule has 0 radical (unpaired) electrons.